The van der Waals surface area contributed by atoms with Crippen molar-refractivity contribution >= 4 is 29.1 Å². The number of para-hydroxylation sites is 1. The molecule has 2 aliphatic heterocycles. The summed E-state index contributed by atoms with van der Waals surface area (Å²) in [6.45, 7) is 5.54. The van der Waals surface area contributed by atoms with E-state index >= 15 is 0 Å². The predicted octanol–water partition coefficient (Wildman–Crippen LogP) is 5.34. The molecule has 2 aromatic rings. The first kappa shape index (κ1) is 24.4. The second kappa shape index (κ2) is 10.7. The van der Waals surface area contributed by atoms with Crippen molar-refractivity contribution in [2.75, 3.05) is 31.0 Å². The van der Waals surface area contributed by atoms with E-state index in [2.05, 4.69) is 0 Å². The molecule has 0 aromatic heterocycles. The first-order chi connectivity index (χ1) is 16.4. The summed E-state index contributed by atoms with van der Waals surface area (Å²) in [5.74, 6) is -0.689. The molecule has 1 atom stereocenters. The van der Waals surface area contributed by atoms with Gasteiger partial charge in [0.15, 0.2) is 11.5 Å². The number of ketones is 1. The molecule has 2 heterocycles. The monoisotopic (exact) mass is 481 g/mol. The van der Waals surface area contributed by atoms with Crippen LogP contribution in [-0.4, -0.2) is 42.9 Å². The van der Waals surface area contributed by atoms with Gasteiger partial charge in [-0.15, -0.1) is 11.8 Å². The second-order valence-corrected chi connectivity index (χ2v) is 9.84. The van der Waals surface area contributed by atoms with E-state index in [1.807, 2.05) is 54.8 Å². The Morgan fingerprint density at radius 2 is 1.82 bits per heavy atom. The van der Waals surface area contributed by atoms with Gasteiger partial charge >= 0.3 is 0 Å². The number of amides is 1. The normalized spacial score (nSPS) is 19.2. The predicted molar refractivity (Wildman–Crippen MR) is 133 cm³/mol. The zero-order valence-electron chi connectivity index (χ0n) is 19.8. The van der Waals surface area contributed by atoms with Crippen LogP contribution in [0.3, 0.4) is 0 Å². The van der Waals surface area contributed by atoms with Gasteiger partial charge in [0.25, 0.3) is 5.91 Å². The van der Waals surface area contributed by atoms with Gasteiger partial charge in [-0.2, -0.15) is 0 Å². The first-order valence-corrected chi connectivity index (χ1v) is 12.9. The fourth-order valence-corrected chi connectivity index (χ4v) is 4.84. The summed E-state index contributed by atoms with van der Waals surface area (Å²) in [5.41, 5.74) is 1.42. The highest BCUT2D eigenvalue weighted by Crippen LogP contribution is 2.45. The molecule has 2 aliphatic rings. The van der Waals surface area contributed by atoms with Crippen LogP contribution in [0.1, 0.15) is 38.3 Å². The number of carbonyl (C=O) groups is 2. The highest BCUT2D eigenvalue weighted by Gasteiger charge is 2.45. The standard InChI is InChI=1S/C27H31NO5S/c1-17(2)25(29)23-24(28(27(31)26(23)30)19-8-10-20(34-3)11-9-19)21-6-4-5-7-22(21)33-16-18-12-14-32-15-13-18/h4-11,17-18,24,30H,12-16H2,1-3H3. The summed E-state index contributed by atoms with van der Waals surface area (Å²) in [6, 6.07) is 14.3. The van der Waals surface area contributed by atoms with Gasteiger partial charge in [0, 0.05) is 35.3 Å². The maximum atomic E-state index is 13.3. The van der Waals surface area contributed by atoms with Gasteiger partial charge in [-0.25, -0.2) is 0 Å². The Balaban J connectivity index is 1.75. The quantitative estimate of drug-likeness (QED) is 0.513. The number of ether oxygens (including phenoxy) is 2. The molecule has 7 heteroatoms. The van der Waals surface area contributed by atoms with Gasteiger partial charge in [-0.05, 0) is 55.3 Å². The average Bonchev–Trinajstić information content (AvgIpc) is 3.13. The van der Waals surface area contributed by atoms with Crippen LogP contribution in [0.4, 0.5) is 5.69 Å². The van der Waals surface area contributed by atoms with Gasteiger partial charge in [-0.1, -0.05) is 32.0 Å². The molecule has 0 saturated carbocycles. The minimum absolute atomic E-state index is 0.121. The average molecular weight is 482 g/mol. The summed E-state index contributed by atoms with van der Waals surface area (Å²) in [4.78, 5) is 29.1. The highest BCUT2D eigenvalue weighted by atomic mass is 32.2. The van der Waals surface area contributed by atoms with E-state index in [0.717, 1.165) is 31.0 Å². The van der Waals surface area contributed by atoms with Gasteiger partial charge in [0.2, 0.25) is 0 Å². The van der Waals surface area contributed by atoms with Crippen LogP contribution in [-0.2, 0) is 14.3 Å². The van der Waals surface area contributed by atoms with Crippen LogP contribution in [0.2, 0.25) is 0 Å². The third kappa shape index (κ3) is 4.86. The molecule has 34 heavy (non-hydrogen) atoms. The van der Waals surface area contributed by atoms with Crippen molar-refractivity contribution in [1.82, 2.24) is 0 Å². The lowest BCUT2D eigenvalue weighted by Gasteiger charge is -2.29. The number of rotatable bonds is 8. The van der Waals surface area contributed by atoms with Gasteiger partial charge in [-0.3, -0.25) is 14.5 Å². The smallest absolute Gasteiger partial charge is 0.294 e. The molecule has 6 nitrogen and oxygen atoms in total. The number of aliphatic hydroxyl groups excluding tert-OH is 1. The summed E-state index contributed by atoms with van der Waals surface area (Å²) < 4.78 is 11.7. The molecule has 1 fully saturated rings. The van der Waals surface area contributed by atoms with E-state index in [9.17, 15) is 14.7 Å². The van der Waals surface area contributed by atoms with E-state index in [1.165, 1.54) is 4.90 Å². The summed E-state index contributed by atoms with van der Waals surface area (Å²) in [6.07, 6.45) is 3.86. The fraction of sp³-hybridized carbons (Fsp3) is 0.407. The number of hydrogen-bond donors (Lipinski definition) is 1. The van der Waals surface area contributed by atoms with Crippen LogP contribution in [0, 0.1) is 11.8 Å². The number of nitrogens with zero attached hydrogens (tertiary/aromatic N) is 1. The Morgan fingerprint density at radius 1 is 1.15 bits per heavy atom. The number of aliphatic hydroxyl groups is 1. The topological polar surface area (TPSA) is 76.1 Å². The number of hydrogen-bond acceptors (Lipinski definition) is 6. The fourth-order valence-electron chi connectivity index (χ4n) is 4.43. The molecular formula is C27H31NO5S. The largest absolute Gasteiger partial charge is 0.503 e. The van der Waals surface area contributed by atoms with Crippen molar-refractivity contribution in [1.29, 1.82) is 0 Å². The van der Waals surface area contributed by atoms with Crippen LogP contribution >= 0.6 is 11.8 Å². The Hall–Kier alpha value is -2.77. The van der Waals surface area contributed by atoms with Gasteiger partial charge in [0.05, 0.1) is 18.2 Å². The number of benzene rings is 2. The third-order valence-electron chi connectivity index (χ3n) is 6.38. The zero-order valence-corrected chi connectivity index (χ0v) is 20.6. The third-order valence-corrected chi connectivity index (χ3v) is 7.12. The molecule has 1 amide bonds. The molecule has 180 valence electrons. The summed E-state index contributed by atoms with van der Waals surface area (Å²) in [7, 11) is 0. The lowest BCUT2D eigenvalue weighted by atomic mass is 9.90. The number of carbonyl (C=O) groups excluding carboxylic acids is 2. The van der Waals surface area contributed by atoms with Crippen LogP contribution in [0.15, 0.2) is 64.8 Å². The number of thioether (sulfide) groups is 1. The van der Waals surface area contributed by atoms with Crippen molar-refractivity contribution in [2.24, 2.45) is 11.8 Å². The molecule has 4 rings (SSSR count). The molecule has 0 radical (unpaired) electrons. The molecule has 1 N–H and O–H groups in total. The van der Waals surface area contributed by atoms with E-state index < -0.39 is 17.7 Å². The number of Topliss-reactive ketones (excluding diaryl/α,β-unsaturated/α-hetero) is 1. The number of anilines is 1. The van der Waals surface area contributed by atoms with E-state index in [0.29, 0.717) is 29.5 Å². The molecule has 1 unspecified atom stereocenters. The van der Waals surface area contributed by atoms with Gasteiger partial charge in [0.1, 0.15) is 5.75 Å². The van der Waals surface area contributed by atoms with Crippen molar-refractivity contribution in [2.45, 2.75) is 37.6 Å². The Labute approximate surface area is 204 Å². The van der Waals surface area contributed by atoms with Crippen molar-refractivity contribution < 1.29 is 24.2 Å². The van der Waals surface area contributed by atoms with Gasteiger partial charge < -0.3 is 14.6 Å². The van der Waals surface area contributed by atoms with Crippen molar-refractivity contribution in [3.05, 3.63) is 65.4 Å². The first-order valence-electron chi connectivity index (χ1n) is 11.7. The summed E-state index contributed by atoms with van der Waals surface area (Å²) in [5, 5.41) is 10.9. The SMILES string of the molecule is CSc1ccc(N2C(=O)C(O)=C(C(=O)C(C)C)C2c2ccccc2OCC2CCOCC2)cc1. The van der Waals surface area contributed by atoms with Crippen LogP contribution < -0.4 is 9.64 Å². The zero-order chi connectivity index (χ0) is 24.2. The Kier molecular flexibility index (Phi) is 7.63. The van der Waals surface area contributed by atoms with Crippen molar-refractivity contribution in [3.63, 3.8) is 0 Å². The van der Waals surface area contributed by atoms with E-state index in [-0.39, 0.29) is 17.3 Å². The minimum atomic E-state index is -0.770. The molecule has 0 bridgehead atoms. The molecule has 0 spiro atoms. The minimum Gasteiger partial charge on any atom is -0.503 e. The second-order valence-electron chi connectivity index (χ2n) is 8.96. The molecule has 1 saturated heterocycles. The highest BCUT2D eigenvalue weighted by molar-refractivity contribution is 7.98. The molecule has 2 aromatic carbocycles. The van der Waals surface area contributed by atoms with Crippen LogP contribution in [0.25, 0.3) is 0 Å². The molecule has 0 aliphatic carbocycles. The maximum Gasteiger partial charge on any atom is 0.294 e. The lowest BCUT2D eigenvalue weighted by Crippen LogP contribution is -2.32. The van der Waals surface area contributed by atoms with Crippen LogP contribution in [0.5, 0.6) is 5.75 Å². The van der Waals surface area contributed by atoms with E-state index in [1.54, 1.807) is 25.6 Å². The Bertz CT molecular complexity index is 1070. The Morgan fingerprint density at radius 3 is 2.47 bits per heavy atom. The maximum absolute atomic E-state index is 13.3. The molecular weight excluding hydrogens is 450 g/mol. The van der Waals surface area contributed by atoms with Crippen molar-refractivity contribution in [3.8, 4) is 5.75 Å². The summed E-state index contributed by atoms with van der Waals surface area (Å²) >= 11 is 1.60. The lowest BCUT2D eigenvalue weighted by molar-refractivity contribution is -0.119. The van der Waals surface area contributed by atoms with E-state index in [4.69, 9.17) is 9.47 Å².